The monoisotopic (exact) mass is 218 g/mol. The number of rotatable bonds is 2. The number of methoxy groups -OCH3 is 1. The normalized spacial score (nSPS) is 10.1. The van der Waals surface area contributed by atoms with Gasteiger partial charge in [-0.15, -0.1) is 0 Å². The first-order valence-electron chi connectivity index (χ1n) is 4.64. The van der Waals surface area contributed by atoms with Gasteiger partial charge in [-0.2, -0.15) is 5.10 Å². The van der Waals surface area contributed by atoms with Crippen molar-refractivity contribution >= 4 is 5.97 Å². The van der Waals surface area contributed by atoms with E-state index in [1.54, 1.807) is 16.9 Å². The highest BCUT2D eigenvalue weighted by atomic mass is 16.5. The van der Waals surface area contributed by atoms with Crippen LogP contribution in [0, 0.1) is 6.92 Å². The van der Waals surface area contributed by atoms with Crippen LogP contribution in [0.3, 0.4) is 0 Å². The van der Waals surface area contributed by atoms with Crippen molar-refractivity contribution < 1.29 is 9.53 Å². The number of esters is 1. The fourth-order valence-corrected chi connectivity index (χ4v) is 1.21. The maximum Gasteiger partial charge on any atom is 0.376 e. The zero-order valence-corrected chi connectivity index (χ0v) is 8.91. The quantitative estimate of drug-likeness (QED) is 0.696. The van der Waals surface area contributed by atoms with Gasteiger partial charge in [0.25, 0.3) is 0 Å². The molecular weight excluding hydrogens is 208 g/mol. The van der Waals surface area contributed by atoms with Crippen LogP contribution in [0.15, 0.2) is 24.5 Å². The van der Waals surface area contributed by atoms with Crippen LogP contribution in [0.2, 0.25) is 0 Å². The third-order valence-corrected chi connectivity index (χ3v) is 1.97. The molecule has 0 radical (unpaired) electrons. The second-order valence-corrected chi connectivity index (χ2v) is 3.13. The number of carbonyl (C=O) groups is 1. The summed E-state index contributed by atoms with van der Waals surface area (Å²) in [4.78, 5) is 19.1. The van der Waals surface area contributed by atoms with E-state index in [9.17, 15) is 4.79 Å². The summed E-state index contributed by atoms with van der Waals surface area (Å²) in [6.07, 6.45) is 3.25. The smallest absolute Gasteiger partial charge is 0.376 e. The van der Waals surface area contributed by atoms with Crippen molar-refractivity contribution in [1.82, 2.24) is 19.7 Å². The molecule has 2 rings (SSSR count). The average Bonchev–Trinajstić information content (AvgIpc) is 2.75. The molecule has 0 spiro atoms. The molecule has 82 valence electrons. The molecule has 2 heterocycles. The van der Waals surface area contributed by atoms with Gasteiger partial charge in [0.1, 0.15) is 0 Å². The standard InChI is InChI=1S/C10H10N4O2/c1-7-4-6-14(13-7)8-3-5-11-9(12-8)10(15)16-2/h3-6H,1-2H3. The SMILES string of the molecule is COC(=O)c1nccc(-n2ccc(C)n2)n1. The molecule has 6 heteroatoms. The number of aryl methyl sites for hydroxylation is 1. The Hall–Kier alpha value is -2.24. The lowest BCUT2D eigenvalue weighted by Crippen LogP contribution is -2.10. The van der Waals surface area contributed by atoms with E-state index >= 15 is 0 Å². The first-order chi connectivity index (χ1) is 7.70. The van der Waals surface area contributed by atoms with Gasteiger partial charge >= 0.3 is 5.97 Å². The fourth-order valence-electron chi connectivity index (χ4n) is 1.21. The molecule has 0 bridgehead atoms. The molecule has 2 aromatic rings. The van der Waals surface area contributed by atoms with Gasteiger partial charge in [-0.25, -0.2) is 19.4 Å². The van der Waals surface area contributed by atoms with Crippen molar-refractivity contribution in [2.24, 2.45) is 0 Å². The summed E-state index contributed by atoms with van der Waals surface area (Å²) in [5.74, 6) is -0.0117. The molecule has 6 nitrogen and oxygen atoms in total. The predicted molar refractivity (Wildman–Crippen MR) is 55.2 cm³/mol. The first-order valence-corrected chi connectivity index (χ1v) is 4.64. The zero-order chi connectivity index (χ0) is 11.5. The Labute approximate surface area is 91.9 Å². The Balaban J connectivity index is 2.39. The van der Waals surface area contributed by atoms with Gasteiger partial charge in [0, 0.05) is 18.5 Å². The summed E-state index contributed by atoms with van der Waals surface area (Å²) in [7, 11) is 1.29. The minimum absolute atomic E-state index is 0.0214. The fraction of sp³-hybridized carbons (Fsp3) is 0.200. The third-order valence-electron chi connectivity index (χ3n) is 1.97. The van der Waals surface area contributed by atoms with Gasteiger partial charge in [0.05, 0.1) is 12.8 Å². The van der Waals surface area contributed by atoms with Gasteiger partial charge in [0.2, 0.25) is 5.82 Å². The van der Waals surface area contributed by atoms with E-state index in [4.69, 9.17) is 0 Å². The highest BCUT2D eigenvalue weighted by Crippen LogP contribution is 2.04. The molecule has 0 N–H and O–H groups in total. The predicted octanol–water partition coefficient (Wildman–Crippen LogP) is 0.757. The molecule has 0 saturated heterocycles. The van der Waals surface area contributed by atoms with Crippen LogP contribution in [0.4, 0.5) is 0 Å². The second kappa shape index (κ2) is 4.09. The molecule has 0 unspecified atom stereocenters. The van der Waals surface area contributed by atoms with E-state index in [0.29, 0.717) is 5.82 Å². The molecule has 0 aliphatic rings. The summed E-state index contributed by atoms with van der Waals surface area (Å²) < 4.78 is 6.11. The molecule has 0 aromatic carbocycles. The third kappa shape index (κ3) is 1.90. The van der Waals surface area contributed by atoms with Gasteiger partial charge in [-0.1, -0.05) is 0 Å². The van der Waals surface area contributed by atoms with E-state index in [-0.39, 0.29) is 5.82 Å². The summed E-state index contributed by atoms with van der Waals surface area (Å²) in [6, 6.07) is 3.51. The number of hydrogen-bond acceptors (Lipinski definition) is 5. The van der Waals surface area contributed by atoms with Gasteiger partial charge in [-0.3, -0.25) is 0 Å². The van der Waals surface area contributed by atoms with Crippen LogP contribution in [0.5, 0.6) is 0 Å². The maximum absolute atomic E-state index is 11.2. The van der Waals surface area contributed by atoms with Crippen molar-refractivity contribution in [3.05, 3.63) is 36.0 Å². The van der Waals surface area contributed by atoms with Gasteiger partial charge in [0.15, 0.2) is 5.82 Å². The number of carbonyl (C=O) groups excluding carboxylic acids is 1. The largest absolute Gasteiger partial charge is 0.463 e. The Morgan fingerprint density at radius 1 is 1.44 bits per heavy atom. The maximum atomic E-state index is 11.2. The van der Waals surface area contributed by atoms with Gasteiger partial charge < -0.3 is 4.74 Å². The molecule has 2 aromatic heterocycles. The number of ether oxygens (including phenoxy) is 1. The summed E-state index contributed by atoms with van der Waals surface area (Å²) in [6.45, 7) is 1.87. The van der Waals surface area contributed by atoms with E-state index in [2.05, 4.69) is 19.8 Å². The van der Waals surface area contributed by atoms with E-state index in [0.717, 1.165) is 5.69 Å². The van der Waals surface area contributed by atoms with Crippen molar-refractivity contribution in [3.63, 3.8) is 0 Å². The molecule has 0 amide bonds. The Kier molecular flexibility index (Phi) is 2.63. The molecular formula is C10H10N4O2. The van der Waals surface area contributed by atoms with E-state index < -0.39 is 5.97 Å². The lowest BCUT2D eigenvalue weighted by molar-refractivity contribution is 0.0586. The Morgan fingerprint density at radius 3 is 2.88 bits per heavy atom. The van der Waals surface area contributed by atoms with E-state index in [1.807, 2.05) is 13.0 Å². The second-order valence-electron chi connectivity index (χ2n) is 3.13. The highest BCUT2D eigenvalue weighted by molar-refractivity contribution is 5.85. The molecule has 0 atom stereocenters. The number of hydrogen-bond donors (Lipinski definition) is 0. The lowest BCUT2D eigenvalue weighted by Gasteiger charge is -2.01. The van der Waals surface area contributed by atoms with Crippen LogP contribution < -0.4 is 0 Å². The topological polar surface area (TPSA) is 69.9 Å². The molecule has 0 saturated carbocycles. The first kappa shape index (κ1) is 10.3. The molecule has 16 heavy (non-hydrogen) atoms. The highest BCUT2D eigenvalue weighted by Gasteiger charge is 2.10. The lowest BCUT2D eigenvalue weighted by atomic mass is 10.5. The van der Waals surface area contributed by atoms with Crippen molar-refractivity contribution in [2.45, 2.75) is 6.92 Å². The Bertz CT molecular complexity index is 521. The van der Waals surface area contributed by atoms with Gasteiger partial charge in [-0.05, 0) is 13.0 Å². The summed E-state index contributed by atoms with van der Waals surface area (Å²) in [5.41, 5.74) is 0.873. The van der Waals surface area contributed by atoms with Crippen LogP contribution in [0.25, 0.3) is 5.82 Å². The average molecular weight is 218 g/mol. The summed E-state index contributed by atoms with van der Waals surface area (Å²) >= 11 is 0. The molecule has 0 aliphatic carbocycles. The van der Waals surface area contributed by atoms with Crippen LogP contribution in [-0.2, 0) is 4.74 Å². The minimum Gasteiger partial charge on any atom is -0.463 e. The molecule has 0 fully saturated rings. The molecule has 0 aliphatic heterocycles. The van der Waals surface area contributed by atoms with Crippen LogP contribution in [-0.4, -0.2) is 32.8 Å². The van der Waals surface area contributed by atoms with Crippen molar-refractivity contribution in [1.29, 1.82) is 0 Å². The minimum atomic E-state index is -0.564. The van der Waals surface area contributed by atoms with Crippen LogP contribution in [0.1, 0.15) is 16.3 Å². The number of aromatic nitrogens is 4. The summed E-state index contributed by atoms with van der Waals surface area (Å²) in [5, 5.41) is 4.18. The van der Waals surface area contributed by atoms with Crippen LogP contribution >= 0.6 is 0 Å². The zero-order valence-electron chi connectivity index (χ0n) is 8.91. The van der Waals surface area contributed by atoms with E-state index in [1.165, 1.54) is 13.3 Å². The Morgan fingerprint density at radius 2 is 2.25 bits per heavy atom. The number of nitrogens with zero attached hydrogens (tertiary/aromatic N) is 4. The van der Waals surface area contributed by atoms with Crippen molar-refractivity contribution in [3.8, 4) is 5.82 Å². The van der Waals surface area contributed by atoms with Crippen molar-refractivity contribution in [2.75, 3.05) is 7.11 Å².